The van der Waals surface area contributed by atoms with Gasteiger partial charge in [-0.2, -0.15) is 0 Å². The Morgan fingerprint density at radius 1 is 1.15 bits per heavy atom. The van der Waals surface area contributed by atoms with Crippen molar-refractivity contribution in [1.29, 1.82) is 0 Å². The second kappa shape index (κ2) is 10.3. The van der Waals surface area contributed by atoms with E-state index >= 15 is 0 Å². The Hall–Kier alpha value is -3.04. The Morgan fingerprint density at radius 3 is 2.64 bits per heavy atom. The van der Waals surface area contributed by atoms with Gasteiger partial charge in [0.1, 0.15) is 10.7 Å². The topological polar surface area (TPSA) is 85.6 Å². The van der Waals surface area contributed by atoms with E-state index in [0.717, 1.165) is 27.2 Å². The first-order valence-electron chi connectivity index (χ1n) is 10.7. The van der Waals surface area contributed by atoms with E-state index < -0.39 is 0 Å². The molecule has 0 bridgehead atoms. The van der Waals surface area contributed by atoms with E-state index in [1.165, 1.54) is 16.9 Å². The highest BCUT2D eigenvalue weighted by Gasteiger charge is 2.19. The Kier molecular flexibility index (Phi) is 7.20. The first-order valence-corrected chi connectivity index (χ1v) is 12.6. The molecule has 1 unspecified atom stereocenters. The molecule has 9 heteroatoms. The minimum atomic E-state index is -0.134. The molecular weight excluding hydrogens is 452 g/mol. The Labute approximate surface area is 201 Å². The monoisotopic (exact) mass is 478 g/mol. The lowest BCUT2D eigenvalue weighted by atomic mass is 10.1. The summed E-state index contributed by atoms with van der Waals surface area (Å²) < 4.78 is 2.03. The lowest BCUT2D eigenvalue weighted by molar-refractivity contribution is 0.0926. The summed E-state index contributed by atoms with van der Waals surface area (Å²) in [6, 6.07) is 12.2. The SMILES string of the molecule is Cc1ccc(-n2c(SCc3nc(C(=O)NC(C)C(C)C)cs3)nnc2-c2cccnc2)cc1. The first-order chi connectivity index (χ1) is 15.9. The van der Waals surface area contributed by atoms with E-state index in [4.69, 9.17) is 0 Å². The number of rotatable bonds is 8. The van der Waals surface area contributed by atoms with Gasteiger partial charge in [-0.15, -0.1) is 21.5 Å². The Morgan fingerprint density at radius 2 is 1.94 bits per heavy atom. The average molecular weight is 479 g/mol. The van der Waals surface area contributed by atoms with Crippen LogP contribution in [-0.2, 0) is 5.75 Å². The number of hydrogen-bond acceptors (Lipinski definition) is 7. The van der Waals surface area contributed by atoms with E-state index in [-0.39, 0.29) is 11.9 Å². The molecule has 0 fully saturated rings. The van der Waals surface area contributed by atoms with Crippen LogP contribution in [0.4, 0.5) is 0 Å². The van der Waals surface area contributed by atoms with Crippen LogP contribution in [0.2, 0.25) is 0 Å². The van der Waals surface area contributed by atoms with Gasteiger partial charge in [0, 0.05) is 35.1 Å². The minimum Gasteiger partial charge on any atom is -0.348 e. The summed E-state index contributed by atoms with van der Waals surface area (Å²) in [5.74, 6) is 1.56. The number of nitrogens with one attached hydrogen (secondary N) is 1. The second-order valence-electron chi connectivity index (χ2n) is 8.14. The van der Waals surface area contributed by atoms with Gasteiger partial charge in [0.25, 0.3) is 5.91 Å². The van der Waals surface area contributed by atoms with Crippen LogP contribution in [0.5, 0.6) is 0 Å². The van der Waals surface area contributed by atoms with Gasteiger partial charge in [-0.3, -0.25) is 14.3 Å². The summed E-state index contributed by atoms with van der Waals surface area (Å²) in [5.41, 5.74) is 3.52. The number of thioether (sulfide) groups is 1. The third kappa shape index (κ3) is 5.48. The minimum absolute atomic E-state index is 0.0935. The van der Waals surface area contributed by atoms with Crippen molar-refractivity contribution in [3.05, 3.63) is 70.4 Å². The summed E-state index contributed by atoms with van der Waals surface area (Å²) in [6.07, 6.45) is 3.52. The highest BCUT2D eigenvalue weighted by molar-refractivity contribution is 7.98. The molecule has 1 atom stereocenters. The van der Waals surface area contributed by atoms with Crippen molar-refractivity contribution in [3.8, 4) is 17.1 Å². The van der Waals surface area contributed by atoms with Gasteiger partial charge in [0.05, 0.1) is 5.75 Å². The maximum atomic E-state index is 12.5. The Balaban J connectivity index is 1.56. The van der Waals surface area contributed by atoms with Crippen molar-refractivity contribution in [2.24, 2.45) is 5.92 Å². The van der Waals surface area contributed by atoms with Crippen molar-refractivity contribution < 1.29 is 4.79 Å². The molecular formula is C24H26N6OS2. The molecule has 1 N–H and O–H groups in total. The zero-order chi connectivity index (χ0) is 23.4. The highest BCUT2D eigenvalue weighted by atomic mass is 32.2. The fraction of sp³-hybridized carbons (Fsp3) is 0.292. The quantitative estimate of drug-likeness (QED) is 0.352. The molecule has 7 nitrogen and oxygen atoms in total. The fourth-order valence-corrected chi connectivity index (χ4v) is 4.77. The molecule has 0 aliphatic rings. The van der Waals surface area contributed by atoms with Crippen LogP contribution < -0.4 is 5.32 Å². The summed E-state index contributed by atoms with van der Waals surface area (Å²) in [6.45, 7) is 8.23. The number of aromatic nitrogens is 5. The van der Waals surface area contributed by atoms with Crippen LogP contribution in [0.3, 0.4) is 0 Å². The van der Waals surface area contributed by atoms with Crippen molar-refractivity contribution in [2.75, 3.05) is 0 Å². The van der Waals surface area contributed by atoms with Gasteiger partial charge in [-0.25, -0.2) is 4.98 Å². The lowest BCUT2D eigenvalue weighted by Gasteiger charge is -2.16. The maximum absolute atomic E-state index is 12.5. The number of aryl methyl sites for hydroxylation is 1. The van der Waals surface area contributed by atoms with Gasteiger partial charge in [0.15, 0.2) is 11.0 Å². The van der Waals surface area contributed by atoms with Crippen molar-refractivity contribution in [1.82, 2.24) is 30.0 Å². The predicted molar refractivity (Wildman–Crippen MR) is 133 cm³/mol. The van der Waals surface area contributed by atoms with E-state index in [1.807, 2.05) is 29.0 Å². The zero-order valence-electron chi connectivity index (χ0n) is 19.0. The molecule has 3 aromatic heterocycles. The summed E-state index contributed by atoms with van der Waals surface area (Å²) in [5, 5.41) is 15.3. The maximum Gasteiger partial charge on any atom is 0.270 e. The number of hydrogen-bond donors (Lipinski definition) is 1. The molecule has 0 radical (unpaired) electrons. The van der Waals surface area contributed by atoms with E-state index in [2.05, 4.69) is 70.5 Å². The molecule has 1 amide bonds. The van der Waals surface area contributed by atoms with Gasteiger partial charge in [0.2, 0.25) is 0 Å². The van der Waals surface area contributed by atoms with Crippen molar-refractivity contribution >= 4 is 29.0 Å². The number of thiazole rings is 1. The van der Waals surface area contributed by atoms with Crippen molar-refractivity contribution in [3.63, 3.8) is 0 Å². The summed E-state index contributed by atoms with van der Waals surface area (Å²) in [7, 11) is 0. The molecule has 170 valence electrons. The Bertz CT molecular complexity index is 1220. The number of benzene rings is 1. The zero-order valence-corrected chi connectivity index (χ0v) is 20.7. The summed E-state index contributed by atoms with van der Waals surface area (Å²) >= 11 is 3.02. The molecule has 4 rings (SSSR count). The molecule has 0 spiro atoms. The third-order valence-electron chi connectivity index (χ3n) is 5.31. The van der Waals surface area contributed by atoms with Crippen LogP contribution in [0.15, 0.2) is 59.3 Å². The number of amides is 1. The molecule has 4 aromatic rings. The molecule has 1 aromatic carbocycles. The molecule has 0 saturated carbocycles. The fourth-order valence-electron chi connectivity index (χ4n) is 3.03. The molecule has 3 heterocycles. The number of carbonyl (C=O) groups is 1. The van der Waals surface area contributed by atoms with Crippen LogP contribution in [0.1, 0.15) is 41.8 Å². The van der Waals surface area contributed by atoms with E-state index in [1.54, 1.807) is 24.2 Å². The lowest BCUT2D eigenvalue weighted by Crippen LogP contribution is -2.36. The largest absolute Gasteiger partial charge is 0.348 e. The molecule has 0 aliphatic heterocycles. The van der Waals surface area contributed by atoms with Crippen LogP contribution >= 0.6 is 23.1 Å². The average Bonchev–Trinajstić information content (AvgIpc) is 3.46. The van der Waals surface area contributed by atoms with Gasteiger partial charge in [-0.1, -0.05) is 43.3 Å². The number of nitrogens with zero attached hydrogens (tertiary/aromatic N) is 5. The first kappa shape index (κ1) is 23.1. The van der Waals surface area contributed by atoms with Crippen LogP contribution in [0, 0.1) is 12.8 Å². The van der Waals surface area contributed by atoms with Gasteiger partial charge >= 0.3 is 0 Å². The van der Waals surface area contributed by atoms with Gasteiger partial charge < -0.3 is 5.32 Å². The van der Waals surface area contributed by atoms with E-state index in [0.29, 0.717) is 17.4 Å². The number of carbonyl (C=O) groups excluding carboxylic acids is 1. The van der Waals surface area contributed by atoms with Crippen molar-refractivity contribution in [2.45, 2.75) is 44.6 Å². The van der Waals surface area contributed by atoms with Gasteiger partial charge in [-0.05, 0) is 44.0 Å². The summed E-state index contributed by atoms with van der Waals surface area (Å²) in [4.78, 5) is 21.2. The standard InChI is InChI=1S/C24H26N6OS2/c1-15(2)17(4)26-23(31)20-13-32-21(27-20)14-33-24-29-28-22(18-6-5-11-25-12-18)30(24)19-9-7-16(3)8-10-19/h5-13,15,17H,14H2,1-4H3,(H,26,31). The molecule has 0 saturated heterocycles. The predicted octanol–water partition coefficient (Wildman–Crippen LogP) is 5.16. The van der Waals surface area contributed by atoms with Crippen LogP contribution in [-0.4, -0.2) is 36.7 Å². The second-order valence-corrected chi connectivity index (χ2v) is 10.0. The smallest absolute Gasteiger partial charge is 0.270 e. The number of pyridine rings is 1. The normalized spacial score (nSPS) is 12.2. The highest BCUT2D eigenvalue weighted by Crippen LogP contribution is 2.30. The molecule has 33 heavy (non-hydrogen) atoms. The third-order valence-corrected chi connectivity index (χ3v) is 7.28. The molecule has 0 aliphatic carbocycles. The van der Waals surface area contributed by atoms with Crippen LogP contribution in [0.25, 0.3) is 17.1 Å². The van der Waals surface area contributed by atoms with E-state index in [9.17, 15) is 4.79 Å².